The number of rotatable bonds is 12. The van der Waals surface area contributed by atoms with Crippen LogP contribution in [-0.2, 0) is 61.3 Å². The van der Waals surface area contributed by atoms with Crippen molar-refractivity contribution in [2.24, 2.45) is 47.3 Å². The van der Waals surface area contributed by atoms with Crippen molar-refractivity contribution < 1.29 is 124 Å². The van der Waals surface area contributed by atoms with Crippen molar-refractivity contribution in [1.29, 1.82) is 0 Å². The van der Waals surface area contributed by atoms with E-state index in [0.717, 1.165) is 31.1 Å². The van der Waals surface area contributed by atoms with Gasteiger partial charge in [-0.1, -0.05) is 100 Å². The van der Waals surface area contributed by atoms with Gasteiger partial charge in [-0.25, -0.2) is 0 Å². The topological polar surface area (TPSA) is 82.1 Å². The smallest absolute Gasteiger partial charge is 0.305 e. The Kier molecular flexibility index (Phi) is 44.2. The van der Waals surface area contributed by atoms with E-state index >= 15 is 0 Å². The zero-order valence-corrected chi connectivity index (χ0v) is 45.5. The van der Waals surface area contributed by atoms with Crippen molar-refractivity contribution in [2.45, 2.75) is 121 Å². The summed E-state index contributed by atoms with van der Waals surface area (Å²) in [5, 5.41) is 0. The first-order valence-electron chi connectivity index (χ1n) is 18.5. The van der Waals surface area contributed by atoms with Gasteiger partial charge in [0.25, 0.3) is 0 Å². The van der Waals surface area contributed by atoms with E-state index < -0.39 is 0 Å². The monoisotopic (exact) mass is 1230 g/mol. The summed E-state index contributed by atoms with van der Waals surface area (Å²) >= 11 is 0. The van der Waals surface area contributed by atoms with Gasteiger partial charge >= 0.3 is 11.9 Å². The molecule has 10 heteroatoms. The van der Waals surface area contributed by atoms with Gasteiger partial charge in [0.15, 0.2) is 0 Å². The van der Waals surface area contributed by atoms with Crippen LogP contribution < -0.4 is 4.90 Å². The number of anilines is 1. The molecule has 0 aromatic heterocycles. The maximum absolute atomic E-state index is 12.7. The first-order chi connectivity index (χ1) is 22.5. The fourth-order valence-electron chi connectivity index (χ4n) is 7.00. The molecule has 7 nitrogen and oxygen atoms in total. The van der Waals surface area contributed by atoms with E-state index in [9.17, 15) is 14.4 Å². The predicted molar refractivity (Wildman–Crippen MR) is 197 cm³/mol. The van der Waals surface area contributed by atoms with Crippen LogP contribution in [0.25, 0.3) is 0 Å². The van der Waals surface area contributed by atoms with Crippen LogP contribution in [0.2, 0.25) is 0 Å². The summed E-state index contributed by atoms with van der Waals surface area (Å²) < 4.78 is 14.8. The number of benzene rings is 1. The average molecular weight is 1230 g/mol. The quantitative estimate of drug-likeness (QED) is 0.194. The van der Waals surface area contributed by atoms with Gasteiger partial charge in [-0.05, 0) is 78.7 Å². The van der Waals surface area contributed by atoms with Gasteiger partial charge in [-0.3, -0.25) is 14.4 Å². The third-order valence-electron chi connectivity index (χ3n) is 10.2. The molecule has 8 atom stereocenters. The van der Waals surface area contributed by atoms with Crippen molar-refractivity contribution in [2.75, 3.05) is 39.9 Å². The van der Waals surface area contributed by atoms with Crippen molar-refractivity contribution in [1.82, 2.24) is 0 Å². The Morgan fingerprint density at radius 2 is 1.08 bits per heavy atom. The second-order valence-corrected chi connectivity index (χ2v) is 12.5. The van der Waals surface area contributed by atoms with Gasteiger partial charge in [0, 0.05) is 141 Å². The van der Waals surface area contributed by atoms with Gasteiger partial charge in [0.05, 0.1) is 14.2 Å². The van der Waals surface area contributed by atoms with Crippen molar-refractivity contribution >= 4 is 23.5 Å². The summed E-state index contributed by atoms with van der Waals surface area (Å²) in [4.78, 5) is 37.7. The van der Waals surface area contributed by atoms with Gasteiger partial charge in [0.2, 0.25) is 5.91 Å². The number of hydrogen-bond acceptors (Lipinski definition) is 6. The zero-order valence-electron chi connectivity index (χ0n) is 34.3. The third-order valence-corrected chi connectivity index (χ3v) is 10.2. The molecule has 0 saturated heterocycles. The van der Waals surface area contributed by atoms with E-state index in [1.165, 1.54) is 33.5 Å². The first kappa shape index (κ1) is 60.1. The van der Waals surface area contributed by atoms with Gasteiger partial charge in [-0.2, -0.15) is 0 Å². The van der Waals surface area contributed by atoms with Gasteiger partial charge in [-0.15, -0.1) is 0 Å². The van der Waals surface area contributed by atoms with Crippen LogP contribution in [0, 0.1) is 110 Å². The molecule has 1 amide bonds. The molecule has 2 unspecified atom stereocenters. The number of para-hydroxylation sites is 1. The molecule has 285 valence electrons. The second kappa shape index (κ2) is 36.8. The predicted octanol–water partition coefficient (Wildman–Crippen LogP) is 9.86. The normalized spacial score (nSPS) is 22.4. The molecule has 2 aliphatic rings. The minimum absolute atomic E-state index is 0. The third kappa shape index (κ3) is 22.2. The van der Waals surface area contributed by atoms with Crippen molar-refractivity contribution in [3.8, 4) is 0 Å². The number of nitrogens with zero attached hydrogens (tertiary/aromatic N) is 1. The molecule has 2 aliphatic carbocycles. The maximum Gasteiger partial charge on any atom is 0.305 e. The molecule has 1 radical (unpaired) electrons. The molecular formula is C40H73NO6U2Y. The van der Waals surface area contributed by atoms with Gasteiger partial charge < -0.3 is 19.1 Å². The average Bonchev–Trinajstić information content (AvgIpc) is 3.63. The summed E-state index contributed by atoms with van der Waals surface area (Å²) in [6.45, 7) is 21.9. The van der Waals surface area contributed by atoms with Crippen LogP contribution in [0.1, 0.15) is 121 Å². The minimum Gasteiger partial charge on any atom is -0.469 e. The number of hydrogen-bond donors (Lipinski definition) is 0. The van der Waals surface area contributed by atoms with E-state index in [2.05, 4.69) is 27.7 Å². The van der Waals surface area contributed by atoms with Crippen LogP contribution in [-0.4, -0.2) is 52.8 Å². The molecule has 0 spiro atoms. The Morgan fingerprint density at radius 3 is 1.44 bits per heavy atom. The molecule has 50 heavy (non-hydrogen) atoms. The minimum atomic E-state index is -0.220. The molecule has 2 saturated carbocycles. The van der Waals surface area contributed by atoms with E-state index in [-0.39, 0.29) is 119 Å². The van der Waals surface area contributed by atoms with Crippen LogP contribution in [0.15, 0.2) is 30.3 Å². The second-order valence-electron chi connectivity index (χ2n) is 12.5. The standard InChI is InChI=1S/C20H29NO3.C14H26O3.3C2H6.2U.Y/c1-14-10-11-18(15(14)2)16(13-20(23)24-4)12-19(22)21(3)17-8-6-5-7-9-17;1-10-5-6-13(11(10)2)12(7-8-16-3)9-14(15)17-4;3*1-2;;;/h5-9,14-16,18H,10-13H2,1-4H3;10-13H,5-9H2,1-4H3;3*1-2H3;;;/t14-,15-,16?,18+;10-,11-,12?,13+;;;;;;/m11....../s1. The fraction of sp³-hybridized carbons (Fsp3) is 0.775. The summed E-state index contributed by atoms with van der Waals surface area (Å²) in [6.07, 6.45) is 7.02. The van der Waals surface area contributed by atoms with E-state index in [0.29, 0.717) is 54.8 Å². The molecular weight excluding hydrogens is 1160 g/mol. The van der Waals surface area contributed by atoms with Crippen molar-refractivity contribution in [3.05, 3.63) is 30.3 Å². The Bertz CT molecular complexity index is 957. The molecule has 1 aromatic carbocycles. The number of amides is 1. The number of methoxy groups -OCH3 is 3. The van der Waals surface area contributed by atoms with E-state index in [1.54, 1.807) is 19.1 Å². The Balaban J connectivity index is -0.000000231. The fourth-order valence-corrected chi connectivity index (χ4v) is 7.00. The summed E-state index contributed by atoms with van der Waals surface area (Å²) in [5.41, 5.74) is 0.882. The largest absolute Gasteiger partial charge is 0.469 e. The molecule has 3 rings (SSSR count). The molecule has 0 heterocycles. The molecule has 0 bridgehead atoms. The van der Waals surface area contributed by atoms with Crippen molar-refractivity contribution in [3.63, 3.8) is 0 Å². The van der Waals surface area contributed by atoms with Gasteiger partial charge in [0.1, 0.15) is 0 Å². The van der Waals surface area contributed by atoms with Crippen LogP contribution >= 0.6 is 0 Å². The Hall–Kier alpha value is 0.798. The van der Waals surface area contributed by atoms with E-state index in [1.807, 2.05) is 71.9 Å². The molecule has 0 aliphatic heterocycles. The van der Waals surface area contributed by atoms with Crippen LogP contribution in [0.4, 0.5) is 5.69 Å². The summed E-state index contributed by atoms with van der Waals surface area (Å²) in [7, 11) is 6.40. The van der Waals surface area contributed by atoms with Crippen LogP contribution in [0.3, 0.4) is 0 Å². The number of ether oxygens (including phenoxy) is 3. The molecule has 2 fully saturated rings. The SMILES string of the molecule is CC.CC.CC.COC(=O)CC(CC(=O)N(C)c1ccccc1)[C@H]1CC[C@@H](C)[C@H]1C.COCCC(CC(=O)OC)[C@H]1CC[C@@H](C)[C@H]1C.[U].[U].[Y]. The van der Waals surface area contributed by atoms with E-state index in [4.69, 9.17) is 14.2 Å². The summed E-state index contributed by atoms with van der Waals surface area (Å²) in [6, 6.07) is 9.63. The maximum atomic E-state index is 12.7. The van der Waals surface area contributed by atoms with Crippen LogP contribution in [0.5, 0.6) is 0 Å². The zero-order chi connectivity index (χ0) is 36.5. The molecule has 1 aromatic rings. The molecule has 0 N–H and O–H groups in total. The Morgan fingerprint density at radius 1 is 0.680 bits per heavy atom. The number of carbonyl (C=O) groups is 3. The number of carbonyl (C=O) groups excluding carboxylic acids is 3. The Labute approximate surface area is 381 Å². The first-order valence-corrected chi connectivity index (χ1v) is 18.5. The summed E-state index contributed by atoms with van der Waals surface area (Å²) in [5.74, 6) is 3.96. The number of esters is 2.